The van der Waals surface area contributed by atoms with E-state index >= 15 is 0 Å². The largest absolute Gasteiger partial charge is 0.305 e. The molecular formula is C5H5N5O. The van der Waals surface area contributed by atoms with Crippen molar-refractivity contribution in [3.05, 3.63) is 23.2 Å². The fourth-order valence-corrected chi connectivity index (χ4v) is 0.591. The van der Waals surface area contributed by atoms with Crippen LogP contribution < -0.4 is 5.84 Å². The number of pyridine rings is 1. The van der Waals surface area contributed by atoms with E-state index in [1.165, 1.54) is 12.3 Å². The Balaban J connectivity index is 3.11. The van der Waals surface area contributed by atoms with Gasteiger partial charge in [0.15, 0.2) is 5.69 Å². The molecule has 11 heavy (non-hydrogen) atoms. The molecular weight excluding hydrogens is 146 g/mol. The molecule has 0 atom stereocenters. The summed E-state index contributed by atoms with van der Waals surface area (Å²) in [5.74, 6) is 4.89. The minimum atomic E-state index is 0.127. The molecule has 1 rings (SSSR count). The highest BCUT2D eigenvalue weighted by atomic mass is 16.3. The third-order valence-electron chi connectivity index (χ3n) is 1.02. The van der Waals surface area contributed by atoms with Crippen LogP contribution in [-0.2, 0) is 0 Å². The van der Waals surface area contributed by atoms with E-state index in [0.29, 0.717) is 0 Å². The molecule has 0 bridgehead atoms. The van der Waals surface area contributed by atoms with Gasteiger partial charge < -0.3 is 5.84 Å². The summed E-state index contributed by atoms with van der Waals surface area (Å²) in [5, 5.41) is 9.02. The Morgan fingerprint density at radius 1 is 1.55 bits per heavy atom. The van der Waals surface area contributed by atoms with E-state index in [9.17, 15) is 4.91 Å². The minimum Gasteiger partial charge on any atom is -0.305 e. The van der Waals surface area contributed by atoms with E-state index in [4.69, 9.17) is 5.84 Å². The average molecular weight is 151 g/mol. The summed E-state index contributed by atoms with van der Waals surface area (Å²) in [4.78, 5) is 13.8. The summed E-state index contributed by atoms with van der Waals surface area (Å²) >= 11 is 0. The lowest BCUT2D eigenvalue weighted by molar-refractivity contribution is 1.03. The molecule has 0 radical (unpaired) electrons. The highest BCUT2D eigenvalue weighted by Crippen LogP contribution is 2.23. The van der Waals surface area contributed by atoms with Gasteiger partial charge in [0.2, 0.25) is 5.82 Å². The van der Waals surface area contributed by atoms with Crippen molar-refractivity contribution in [2.75, 3.05) is 0 Å². The zero-order chi connectivity index (χ0) is 8.10. The van der Waals surface area contributed by atoms with Crippen LogP contribution in [0.15, 0.2) is 33.8 Å². The van der Waals surface area contributed by atoms with Crippen LogP contribution in [0.3, 0.4) is 0 Å². The van der Waals surface area contributed by atoms with Gasteiger partial charge in [-0.25, -0.2) is 4.98 Å². The Bertz CT molecular complexity index is 284. The topological polar surface area (TPSA) is 93.1 Å². The molecule has 0 aliphatic heterocycles. The summed E-state index contributed by atoms with van der Waals surface area (Å²) in [7, 11) is 0. The SMILES string of the molecule is NN=Nc1ncccc1N=O. The maximum atomic E-state index is 10.1. The second-order valence-electron chi connectivity index (χ2n) is 1.65. The summed E-state index contributed by atoms with van der Waals surface area (Å²) in [5.41, 5.74) is 0.127. The molecule has 0 amide bonds. The lowest BCUT2D eigenvalue weighted by Crippen LogP contribution is -1.77. The predicted octanol–water partition coefficient (Wildman–Crippen LogP) is 1.44. The second-order valence-corrected chi connectivity index (χ2v) is 1.65. The lowest BCUT2D eigenvalue weighted by atomic mass is 10.4. The molecule has 0 saturated carbocycles. The normalized spacial score (nSPS) is 10.2. The van der Waals surface area contributed by atoms with Gasteiger partial charge in [0.05, 0.1) is 0 Å². The van der Waals surface area contributed by atoms with Crippen LogP contribution in [0.4, 0.5) is 11.5 Å². The summed E-state index contributed by atoms with van der Waals surface area (Å²) in [6, 6.07) is 3.05. The summed E-state index contributed by atoms with van der Waals surface area (Å²) in [6.07, 6.45) is 1.47. The molecule has 1 aromatic rings. The van der Waals surface area contributed by atoms with Crippen LogP contribution in [0.2, 0.25) is 0 Å². The molecule has 2 N–H and O–H groups in total. The highest BCUT2D eigenvalue weighted by Gasteiger charge is 1.99. The highest BCUT2D eigenvalue weighted by molar-refractivity contribution is 5.54. The molecule has 0 fully saturated rings. The van der Waals surface area contributed by atoms with Crippen molar-refractivity contribution >= 4 is 11.5 Å². The van der Waals surface area contributed by atoms with Gasteiger partial charge in [0.25, 0.3) is 0 Å². The molecule has 0 aromatic carbocycles. The zero-order valence-electron chi connectivity index (χ0n) is 5.51. The Kier molecular flexibility index (Phi) is 2.21. The molecule has 0 spiro atoms. The van der Waals surface area contributed by atoms with Crippen LogP contribution in [-0.4, -0.2) is 4.98 Å². The van der Waals surface area contributed by atoms with Crippen LogP contribution >= 0.6 is 0 Å². The van der Waals surface area contributed by atoms with Gasteiger partial charge in [-0.2, -0.15) is 0 Å². The number of nitrogens with zero attached hydrogens (tertiary/aromatic N) is 4. The van der Waals surface area contributed by atoms with Gasteiger partial charge in [0.1, 0.15) is 0 Å². The number of hydrogen-bond donors (Lipinski definition) is 1. The smallest absolute Gasteiger partial charge is 0.205 e. The fraction of sp³-hybridized carbons (Fsp3) is 0. The molecule has 6 heteroatoms. The average Bonchev–Trinajstić information content (AvgIpc) is 2.06. The fourth-order valence-electron chi connectivity index (χ4n) is 0.591. The Morgan fingerprint density at radius 2 is 2.36 bits per heavy atom. The minimum absolute atomic E-state index is 0.127. The number of hydrogen-bond acceptors (Lipinski definition) is 5. The third kappa shape index (κ3) is 1.54. The first-order chi connectivity index (χ1) is 5.38. The monoisotopic (exact) mass is 151 g/mol. The Labute approximate surface area is 62.1 Å². The van der Waals surface area contributed by atoms with E-state index in [2.05, 4.69) is 20.5 Å². The molecule has 1 heterocycles. The van der Waals surface area contributed by atoms with Gasteiger partial charge >= 0.3 is 0 Å². The zero-order valence-corrected chi connectivity index (χ0v) is 5.51. The first-order valence-corrected chi connectivity index (χ1v) is 2.78. The Morgan fingerprint density at radius 3 is 3.00 bits per heavy atom. The van der Waals surface area contributed by atoms with Crippen molar-refractivity contribution < 1.29 is 0 Å². The van der Waals surface area contributed by atoms with Crippen molar-refractivity contribution in [3.63, 3.8) is 0 Å². The lowest BCUT2D eigenvalue weighted by Gasteiger charge is -1.90. The molecule has 0 aliphatic rings. The summed E-state index contributed by atoms with van der Waals surface area (Å²) in [6.45, 7) is 0. The van der Waals surface area contributed by atoms with Gasteiger partial charge in [-0.3, -0.25) is 0 Å². The van der Waals surface area contributed by atoms with Crippen molar-refractivity contribution in [1.29, 1.82) is 0 Å². The first-order valence-electron chi connectivity index (χ1n) is 2.78. The van der Waals surface area contributed by atoms with Crippen molar-refractivity contribution in [1.82, 2.24) is 4.98 Å². The standard InChI is InChI=1S/C5H5N5O/c6-10-8-5-4(9-11)2-1-3-7-5/h1-3H,(H2,6,7,8). The van der Waals surface area contributed by atoms with Crippen LogP contribution in [0.1, 0.15) is 0 Å². The van der Waals surface area contributed by atoms with Gasteiger partial charge in [0, 0.05) is 6.20 Å². The number of aromatic nitrogens is 1. The quantitative estimate of drug-likeness (QED) is 0.300. The van der Waals surface area contributed by atoms with E-state index in [-0.39, 0.29) is 11.5 Å². The van der Waals surface area contributed by atoms with Crippen LogP contribution in [0, 0.1) is 4.91 Å². The van der Waals surface area contributed by atoms with Crippen LogP contribution in [0.25, 0.3) is 0 Å². The van der Waals surface area contributed by atoms with E-state index < -0.39 is 0 Å². The van der Waals surface area contributed by atoms with Crippen LogP contribution in [0.5, 0.6) is 0 Å². The molecule has 1 aromatic heterocycles. The van der Waals surface area contributed by atoms with E-state index in [1.807, 2.05) is 0 Å². The van der Waals surface area contributed by atoms with Gasteiger partial charge in [-0.05, 0) is 17.3 Å². The van der Waals surface area contributed by atoms with Crippen molar-refractivity contribution in [3.8, 4) is 0 Å². The maximum Gasteiger partial charge on any atom is 0.205 e. The second kappa shape index (κ2) is 3.35. The summed E-state index contributed by atoms with van der Waals surface area (Å²) < 4.78 is 0. The Hall–Kier alpha value is -1.85. The number of nitroso groups, excluding NO2 is 1. The van der Waals surface area contributed by atoms with E-state index in [1.54, 1.807) is 6.07 Å². The molecule has 0 unspecified atom stereocenters. The first kappa shape index (κ1) is 7.26. The van der Waals surface area contributed by atoms with Gasteiger partial charge in [-0.15, -0.1) is 10.0 Å². The number of rotatable bonds is 2. The number of nitrogens with two attached hydrogens (primary N) is 1. The maximum absolute atomic E-state index is 10.1. The molecule has 0 aliphatic carbocycles. The van der Waals surface area contributed by atoms with Crippen molar-refractivity contribution in [2.24, 2.45) is 21.4 Å². The third-order valence-corrected chi connectivity index (χ3v) is 1.02. The molecule has 56 valence electrons. The van der Waals surface area contributed by atoms with Crippen molar-refractivity contribution in [2.45, 2.75) is 0 Å². The molecule has 6 nitrogen and oxygen atoms in total. The van der Waals surface area contributed by atoms with E-state index in [0.717, 1.165) is 0 Å². The predicted molar refractivity (Wildman–Crippen MR) is 38.4 cm³/mol. The molecule has 0 saturated heterocycles. The van der Waals surface area contributed by atoms with Gasteiger partial charge in [-0.1, -0.05) is 5.22 Å².